The van der Waals surface area contributed by atoms with E-state index in [4.69, 9.17) is 9.52 Å². The van der Waals surface area contributed by atoms with Gasteiger partial charge in [0.05, 0.1) is 11.7 Å². The van der Waals surface area contributed by atoms with Crippen LogP contribution in [0.25, 0.3) is 0 Å². The normalized spacial score (nSPS) is 19.5. The van der Waals surface area contributed by atoms with E-state index in [2.05, 4.69) is 0 Å². The van der Waals surface area contributed by atoms with Crippen molar-refractivity contribution < 1.29 is 14.3 Å². The Morgan fingerprint density at radius 1 is 1.50 bits per heavy atom. The lowest BCUT2D eigenvalue weighted by Gasteiger charge is -2.27. The van der Waals surface area contributed by atoms with Gasteiger partial charge in [-0.3, -0.25) is 4.79 Å². The second-order valence-corrected chi connectivity index (χ2v) is 4.26. The van der Waals surface area contributed by atoms with Crippen LogP contribution < -0.4 is 0 Å². The number of Topliss-reactive ketones (excluding diaryl/α,β-unsaturated/α-hetero) is 1. The average Bonchev–Trinajstić information content (AvgIpc) is 2.55. The predicted octanol–water partition coefficient (Wildman–Crippen LogP) is 1.56. The molecule has 1 aromatic heterocycles. The minimum Gasteiger partial charge on any atom is -0.466 e. The second-order valence-electron chi connectivity index (χ2n) is 4.26. The highest BCUT2D eigenvalue weighted by atomic mass is 16.4. The molecule has 0 fully saturated rings. The van der Waals surface area contributed by atoms with Crippen molar-refractivity contribution in [2.45, 2.75) is 38.7 Å². The van der Waals surface area contributed by atoms with Gasteiger partial charge in [0.1, 0.15) is 18.2 Å². The van der Waals surface area contributed by atoms with Gasteiger partial charge in [-0.1, -0.05) is 0 Å². The number of hydrogen-bond acceptors (Lipinski definition) is 3. The maximum atomic E-state index is 11.7. The Morgan fingerprint density at radius 2 is 2.21 bits per heavy atom. The molecule has 2 rings (SSSR count). The molecule has 0 radical (unpaired) electrons. The van der Waals surface area contributed by atoms with Gasteiger partial charge < -0.3 is 9.52 Å². The molecule has 3 nitrogen and oxygen atoms in total. The lowest BCUT2D eigenvalue weighted by molar-refractivity contribution is -0.124. The Morgan fingerprint density at radius 3 is 2.86 bits per heavy atom. The lowest BCUT2D eigenvalue weighted by atomic mass is 9.73. The van der Waals surface area contributed by atoms with Crippen LogP contribution in [-0.2, 0) is 23.2 Å². The summed E-state index contributed by atoms with van der Waals surface area (Å²) in [6, 6.07) is 0. The summed E-state index contributed by atoms with van der Waals surface area (Å²) in [6.07, 6.45) is 2.86. The Balaban J connectivity index is 2.54. The molecule has 0 bridgehead atoms. The fraction of sp³-hybridized carbons (Fsp3) is 0.545. The number of ketones is 1. The SMILES string of the molecule is CC1(C)C(=O)CCc2c1coc2CO. The minimum atomic E-state index is -0.454. The third-order valence-electron chi connectivity index (χ3n) is 3.10. The first-order valence-corrected chi connectivity index (χ1v) is 4.81. The van der Waals surface area contributed by atoms with E-state index in [1.807, 2.05) is 13.8 Å². The van der Waals surface area contributed by atoms with Crippen LogP contribution >= 0.6 is 0 Å². The molecule has 0 saturated heterocycles. The average molecular weight is 194 g/mol. The number of fused-ring (bicyclic) bond motifs is 1. The first-order valence-electron chi connectivity index (χ1n) is 4.81. The van der Waals surface area contributed by atoms with E-state index in [-0.39, 0.29) is 12.4 Å². The van der Waals surface area contributed by atoms with Crippen molar-refractivity contribution in [3.63, 3.8) is 0 Å². The van der Waals surface area contributed by atoms with Gasteiger partial charge in [-0.15, -0.1) is 0 Å². The van der Waals surface area contributed by atoms with Crippen molar-refractivity contribution in [2.24, 2.45) is 0 Å². The zero-order valence-corrected chi connectivity index (χ0v) is 8.46. The number of aliphatic hydroxyl groups excluding tert-OH is 1. The van der Waals surface area contributed by atoms with Gasteiger partial charge in [-0.2, -0.15) is 0 Å². The molecule has 1 aliphatic carbocycles. The fourth-order valence-electron chi connectivity index (χ4n) is 2.06. The van der Waals surface area contributed by atoms with Crippen molar-refractivity contribution >= 4 is 5.78 Å². The third kappa shape index (κ3) is 1.12. The highest BCUT2D eigenvalue weighted by molar-refractivity contribution is 5.91. The molecule has 0 aromatic carbocycles. The van der Waals surface area contributed by atoms with Crippen LogP contribution in [-0.4, -0.2) is 10.9 Å². The Kier molecular flexibility index (Phi) is 2.00. The second kappa shape index (κ2) is 2.95. The number of hydrogen-bond donors (Lipinski definition) is 1. The zero-order valence-electron chi connectivity index (χ0n) is 8.46. The van der Waals surface area contributed by atoms with Crippen molar-refractivity contribution in [1.29, 1.82) is 0 Å². The van der Waals surface area contributed by atoms with Crippen LogP contribution in [0.1, 0.15) is 37.2 Å². The third-order valence-corrected chi connectivity index (χ3v) is 3.10. The van der Waals surface area contributed by atoms with E-state index in [0.29, 0.717) is 18.6 Å². The summed E-state index contributed by atoms with van der Waals surface area (Å²) >= 11 is 0. The summed E-state index contributed by atoms with van der Waals surface area (Å²) in [5, 5.41) is 9.04. The minimum absolute atomic E-state index is 0.0837. The molecule has 1 N–H and O–H groups in total. The molecule has 0 unspecified atom stereocenters. The van der Waals surface area contributed by atoms with Crippen molar-refractivity contribution in [1.82, 2.24) is 0 Å². The van der Waals surface area contributed by atoms with Crippen LogP contribution in [0.4, 0.5) is 0 Å². The maximum Gasteiger partial charge on any atom is 0.143 e. The van der Waals surface area contributed by atoms with E-state index in [0.717, 1.165) is 11.1 Å². The molecular weight excluding hydrogens is 180 g/mol. The largest absolute Gasteiger partial charge is 0.466 e. The quantitative estimate of drug-likeness (QED) is 0.738. The highest BCUT2D eigenvalue weighted by Gasteiger charge is 2.37. The molecule has 14 heavy (non-hydrogen) atoms. The number of carbonyl (C=O) groups is 1. The van der Waals surface area contributed by atoms with Gasteiger partial charge in [0, 0.05) is 17.5 Å². The highest BCUT2D eigenvalue weighted by Crippen LogP contribution is 2.36. The van der Waals surface area contributed by atoms with Crippen molar-refractivity contribution in [3.8, 4) is 0 Å². The van der Waals surface area contributed by atoms with E-state index in [9.17, 15) is 4.79 Å². The van der Waals surface area contributed by atoms with E-state index in [1.54, 1.807) is 6.26 Å². The van der Waals surface area contributed by atoms with Gasteiger partial charge in [0.25, 0.3) is 0 Å². The van der Waals surface area contributed by atoms with Crippen LogP contribution in [0, 0.1) is 0 Å². The van der Waals surface area contributed by atoms with Crippen LogP contribution in [0.2, 0.25) is 0 Å². The summed E-state index contributed by atoms with van der Waals surface area (Å²) in [5.41, 5.74) is 1.51. The number of aliphatic hydroxyl groups is 1. The molecule has 0 spiro atoms. The van der Waals surface area contributed by atoms with Crippen LogP contribution in [0.5, 0.6) is 0 Å². The van der Waals surface area contributed by atoms with Gasteiger partial charge in [-0.05, 0) is 20.3 Å². The molecule has 0 saturated carbocycles. The summed E-state index contributed by atoms with van der Waals surface area (Å²) in [4.78, 5) is 11.7. The van der Waals surface area contributed by atoms with Gasteiger partial charge >= 0.3 is 0 Å². The predicted molar refractivity (Wildman–Crippen MR) is 51.0 cm³/mol. The van der Waals surface area contributed by atoms with E-state index >= 15 is 0 Å². The Hall–Kier alpha value is -1.09. The standard InChI is InChI=1S/C11H14O3/c1-11(2)8-6-14-9(5-12)7(8)3-4-10(11)13/h6,12H,3-5H2,1-2H3. The topological polar surface area (TPSA) is 50.4 Å². The Bertz CT molecular complexity index is 374. The molecule has 0 aliphatic heterocycles. The van der Waals surface area contributed by atoms with E-state index in [1.165, 1.54) is 0 Å². The molecule has 1 aromatic rings. The smallest absolute Gasteiger partial charge is 0.143 e. The molecule has 1 heterocycles. The van der Waals surface area contributed by atoms with E-state index < -0.39 is 5.41 Å². The summed E-state index contributed by atoms with van der Waals surface area (Å²) in [5.74, 6) is 0.857. The van der Waals surface area contributed by atoms with Crippen molar-refractivity contribution in [2.75, 3.05) is 0 Å². The van der Waals surface area contributed by atoms with Gasteiger partial charge in [0.15, 0.2) is 0 Å². The summed E-state index contributed by atoms with van der Waals surface area (Å²) in [6.45, 7) is 3.73. The molecule has 0 atom stereocenters. The number of rotatable bonds is 1. The fourth-order valence-corrected chi connectivity index (χ4v) is 2.06. The first-order chi connectivity index (χ1) is 6.57. The molecule has 3 heteroatoms. The van der Waals surface area contributed by atoms with Gasteiger partial charge in [0.2, 0.25) is 0 Å². The van der Waals surface area contributed by atoms with Crippen LogP contribution in [0.3, 0.4) is 0 Å². The zero-order chi connectivity index (χ0) is 10.3. The van der Waals surface area contributed by atoms with Gasteiger partial charge in [-0.25, -0.2) is 0 Å². The maximum absolute atomic E-state index is 11.7. The molecule has 0 amide bonds. The molecule has 76 valence electrons. The Labute approximate surface area is 82.7 Å². The van der Waals surface area contributed by atoms with Crippen LogP contribution in [0.15, 0.2) is 10.7 Å². The first kappa shape index (κ1) is 9.46. The summed E-state index contributed by atoms with van der Waals surface area (Å²) < 4.78 is 5.25. The monoisotopic (exact) mass is 194 g/mol. The molecular formula is C11H14O3. The number of furan rings is 1. The summed E-state index contributed by atoms with van der Waals surface area (Å²) in [7, 11) is 0. The number of carbonyl (C=O) groups excluding carboxylic acids is 1. The van der Waals surface area contributed by atoms with Crippen molar-refractivity contribution in [3.05, 3.63) is 23.2 Å². The lowest BCUT2D eigenvalue weighted by Crippen LogP contribution is -2.33. The molecule has 1 aliphatic rings.